The van der Waals surface area contributed by atoms with Crippen molar-refractivity contribution >= 4 is 11.6 Å². The zero-order chi connectivity index (χ0) is 15.7. The molecule has 0 spiro atoms. The van der Waals surface area contributed by atoms with Gasteiger partial charge in [0.25, 0.3) is 11.8 Å². The highest BCUT2D eigenvalue weighted by Crippen LogP contribution is 2.30. The van der Waals surface area contributed by atoms with Gasteiger partial charge in [-0.25, -0.2) is 15.0 Å². The Labute approximate surface area is 127 Å². The first-order valence-electron chi connectivity index (χ1n) is 6.03. The molecule has 0 radical (unpaired) electrons. The van der Waals surface area contributed by atoms with Crippen molar-refractivity contribution in [3.63, 3.8) is 0 Å². The van der Waals surface area contributed by atoms with Gasteiger partial charge in [-0.3, -0.25) is 0 Å². The molecule has 1 aromatic carbocycles. The fourth-order valence-corrected chi connectivity index (χ4v) is 1.88. The van der Waals surface area contributed by atoms with Crippen LogP contribution < -0.4 is 0 Å². The molecule has 2 aromatic heterocycles. The topological polar surface area (TPSA) is 56.5 Å². The lowest BCUT2D eigenvalue weighted by atomic mass is 10.2. The van der Waals surface area contributed by atoms with Gasteiger partial charge in [0, 0.05) is 23.0 Å². The molecule has 0 fully saturated rings. The molecule has 3 rings (SSSR count). The lowest BCUT2D eigenvalue weighted by Gasteiger charge is -2.03. The predicted molar refractivity (Wildman–Crippen MR) is 72.4 cm³/mol. The molecule has 0 bridgehead atoms. The lowest BCUT2D eigenvalue weighted by Crippen LogP contribution is -2.09. The number of alkyl halides is 3. The molecule has 2 heterocycles. The number of benzene rings is 1. The summed E-state index contributed by atoms with van der Waals surface area (Å²) in [4.78, 5) is 11.4. The highest BCUT2D eigenvalue weighted by molar-refractivity contribution is 6.30. The summed E-state index contributed by atoms with van der Waals surface area (Å²) in [7, 11) is 0. The van der Waals surface area contributed by atoms with Gasteiger partial charge in [-0.1, -0.05) is 11.6 Å². The van der Waals surface area contributed by atoms with Gasteiger partial charge in [0.1, 0.15) is 0 Å². The first kappa shape index (κ1) is 14.5. The Kier molecular flexibility index (Phi) is 3.53. The monoisotopic (exact) mass is 325 g/mol. The zero-order valence-electron chi connectivity index (χ0n) is 10.8. The smallest absolute Gasteiger partial charge is 0.220 e. The molecule has 0 amide bonds. The number of nitrogens with zero attached hydrogens (tertiary/aromatic N) is 5. The van der Waals surface area contributed by atoms with Crippen LogP contribution >= 0.6 is 11.6 Å². The van der Waals surface area contributed by atoms with Gasteiger partial charge in [-0.15, -0.1) is 5.10 Å². The SMILES string of the molecule is FC(F)(F)c1nc(-c2ccc(Cl)cc2)n(-c2ncccn2)n1. The molecule has 0 unspecified atom stereocenters. The molecule has 0 saturated carbocycles. The Morgan fingerprint density at radius 3 is 2.23 bits per heavy atom. The maximum absolute atomic E-state index is 12.9. The Balaban J connectivity index is 2.19. The van der Waals surface area contributed by atoms with E-state index in [0.717, 1.165) is 4.68 Å². The maximum atomic E-state index is 12.9. The molecule has 0 atom stereocenters. The van der Waals surface area contributed by atoms with E-state index in [1.807, 2.05) is 0 Å². The summed E-state index contributed by atoms with van der Waals surface area (Å²) in [5, 5.41) is 3.93. The second-order valence-corrected chi connectivity index (χ2v) is 4.66. The largest absolute Gasteiger partial charge is 0.453 e. The van der Waals surface area contributed by atoms with E-state index in [4.69, 9.17) is 11.6 Å². The Hall–Kier alpha value is -2.48. The highest BCUT2D eigenvalue weighted by atomic mass is 35.5. The van der Waals surface area contributed by atoms with Gasteiger partial charge >= 0.3 is 6.18 Å². The van der Waals surface area contributed by atoms with E-state index in [2.05, 4.69) is 20.1 Å². The molecule has 0 saturated heterocycles. The van der Waals surface area contributed by atoms with Crippen molar-refractivity contribution in [2.45, 2.75) is 6.18 Å². The van der Waals surface area contributed by atoms with Crippen LogP contribution in [-0.4, -0.2) is 24.7 Å². The molecule has 22 heavy (non-hydrogen) atoms. The third kappa shape index (κ3) is 2.77. The minimum Gasteiger partial charge on any atom is -0.220 e. The van der Waals surface area contributed by atoms with Gasteiger partial charge in [-0.2, -0.15) is 17.9 Å². The number of halogens is 4. The highest BCUT2D eigenvalue weighted by Gasteiger charge is 2.37. The van der Waals surface area contributed by atoms with Gasteiger partial charge in [-0.05, 0) is 30.3 Å². The van der Waals surface area contributed by atoms with Crippen molar-refractivity contribution in [3.8, 4) is 17.3 Å². The van der Waals surface area contributed by atoms with Crippen LogP contribution in [0.2, 0.25) is 5.02 Å². The zero-order valence-corrected chi connectivity index (χ0v) is 11.5. The lowest BCUT2D eigenvalue weighted by molar-refractivity contribution is -0.144. The number of hydrogen-bond acceptors (Lipinski definition) is 4. The molecule has 0 aliphatic carbocycles. The standard InChI is InChI=1S/C13H7ClF3N5/c14-9-4-2-8(3-5-9)10-20-11(13(15,16)17)21-22(10)12-18-6-1-7-19-12/h1-7H. The average Bonchev–Trinajstić information content (AvgIpc) is 2.94. The molecule has 112 valence electrons. The van der Waals surface area contributed by atoms with E-state index in [1.54, 1.807) is 30.3 Å². The fraction of sp³-hybridized carbons (Fsp3) is 0.0769. The predicted octanol–water partition coefficient (Wildman–Crippen LogP) is 3.40. The van der Waals surface area contributed by atoms with Crippen molar-refractivity contribution in [2.75, 3.05) is 0 Å². The van der Waals surface area contributed by atoms with Crippen molar-refractivity contribution in [3.05, 3.63) is 53.6 Å². The van der Waals surface area contributed by atoms with E-state index in [-0.39, 0.29) is 11.8 Å². The van der Waals surface area contributed by atoms with Crippen LogP contribution in [0, 0.1) is 0 Å². The quantitative estimate of drug-likeness (QED) is 0.724. The van der Waals surface area contributed by atoms with Crippen LogP contribution in [0.4, 0.5) is 13.2 Å². The fourth-order valence-electron chi connectivity index (χ4n) is 1.76. The second-order valence-electron chi connectivity index (χ2n) is 4.22. The van der Waals surface area contributed by atoms with Crippen LogP contribution in [0.1, 0.15) is 5.82 Å². The van der Waals surface area contributed by atoms with Crippen LogP contribution in [0.5, 0.6) is 0 Å². The Morgan fingerprint density at radius 1 is 1.00 bits per heavy atom. The normalized spacial score (nSPS) is 11.6. The van der Waals surface area contributed by atoms with Crippen LogP contribution in [0.25, 0.3) is 17.3 Å². The maximum Gasteiger partial charge on any atom is 0.453 e. The molecular weight excluding hydrogens is 319 g/mol. The summed E-state index contributed by atoms with van der Waals surface area (Å²) in [5.41, 5.74) is 0.417. The number of hydrogen-bond donors (Lipinski definition) is 0. The second kappa shape index (κ2) is 5.38. The molecule has 3 aromatic rings. The van der Waals surface area contributed by atoms with Crippen LogP contribution in [0.15, 0.2) is 42.7 Å². The van der Waals surface area contributed by atoms with E-state index in [0.29, 0.717) is 10.6 Å². The number of rotatable bonds is 2. The summed E-state index contributed by atoms with van der Waals surface area (Å²) >= 11 is 5.79. The minimum absolute atomic E-state index is 0.00421. The van der Waals surface area contributed by atoms with Gasteiger partial charge in [0.2, 0.25) is 0 Å². The van der Waals surface area contributed by atoms with Gasteiger partial charge in [0.05, 0.1) is 0 Å². The molecular formula is C13H7ClF3N5. The number of aromatic nitrogens is 5. The van der Waals surface area contributed by atoms with E-state index in [1.165, 1.54) is 12.4 Å². The third-order valence-electron chi connectivity index (χ3n) is 2.70. The summed E-state index contributed by atoms with van der Waals surface area (Å²) < 4.78 is 39.6. The van der Waals surface area contributed by atoms with Crippen LogP contribution in [0.3, 0.4) is 0 Å². The molecule has 5 nitrogen and oxygen atoms in total. The first-order chi connectivity index (χ1) is 10.4. The minimum atomic E-state index is -4.67. The third-order valence-corrected chi connectivity index (χ3v) is 2.96. The average molecular weight is 326 g/mol. The van der Waals surface area contributed by atoms with Gasteiger partial charge in [0.15, 0.2) is 5.82 Å². The summed E-state index contributed by atoms with van der Waals surface area (Å²) in [5.74, 6) is -1.28. The van der Waals surface area contributed by atoms with Crippen molar-refractivity contribution < 1.29 is 13.2 Å². The summed E-state index contributed by atoms with van der Waals surface area (Å²) in [6.45, 7) is 0. The van der Waals surface area contributed by atoms with Gasteiger partial charge < -0.3 is 0 Å². The molecule has 0 aliphatic rings. The van der Waals surface area contributed by atoms with Crippen molar-refractivity contribution in [1.82, 2.24) is 24.7 Å². The summed E-state index contributed by atoms with van der Waals surface area (Å²) in [6, 6.07) is 7.75. The van der Waals surface area contributed by atoms with Crippen molar-refractivity contribution in [1.29, 1.82) is 0 Å². The van der Waals surface area contributed by atoms with E-state index in [9.17, 15) is 13.2 Å². The van der Waals surface area contributed by atoms with Crippen molar-refractivity contribution in [2.24, 2.45) is 0 Å². The molecule has 0 aliphatic heterocycles. The Morgan fingerprint density at radius 2 is 1.64 bits per heavy atom. The first-order valence-corrected chi connectivity index (χ1v) is 6.40. The van der Waals surface area contributed by atoms with E-state index < -0.39 is 12.0 Å². The molecule has 9 heteroatoms. The van der Waals surface area contributed by atoms with Crippen LogP contribution in [-0.2, 0) is 6.18 Å². The molecule has 0 N–H and O–H groups in total. The Bertz CT molecular complexity index is 784. The summed E-state index contributed by atoms with van der Waals surface area (Å²) in [6.07, 6.45) is -1.85. The van der Waals surface area contributed by atoms with E-state index >= 15 is 0 Å².